The first-order valence-electron chi connectivity index (χ1n) is 4.57. The first kappa shape index (κ1) is 12.5. The number of carbonyl (C=O) groups is 2. The Morgan fingerprint density at radius 1 is 1.31 bits per heavy atom. The molecule has 0 unspecified atom stereocenters. The van der Waals surface area contributed by atoms with Gasteiger partial charge in [-0.05, 0) is 6.42 Å². The Balaban J connectivity index is 2.54. The second kappa shape index (κ2) is 4.54. The summed E-state index contributed by atoms with van der Waals surface area (Å²) in [5, 5.41) is 8.25. The van der Waals surface area contributed by atoms with Gasteiger partial charge in [0.05, 0.1) is 5.92 Å². The maximum Gasteiger partial charge on any atom is 0.393 e. The van der Waals surface area contributed by atoms with Crippen LogP contribution in [-0.2, 0) is 9.59 Å². The van der Waals surface area contributed by atoms with Gasteiger partial charge in [0.2, 0.25) is 5.91 Å². The van der Waals surface area contributed by atoms with E-state index in [0.717, 1.165) is 11.0 Å². The van der Waals surface area contributed by atoms with Gasteiger partial charge in [-0.1, -0.05) is 0 Å². The van der Waals surface area contributed by atoms with E-state index in [0.29, 0.717) is 6.08 Å². The van der Waals surface area contributed by atoms with Crippen molar-refractivity contribution in [1.82, 2.24) is 4.90 Å². The van der Waals surface area contributed by atoms with Gasteiger partial charge in [-0.3, -0.25) is 4.79 Å². The molecule has 4 nitrogen and oxygen atoms in total. The minimum Gasteiger partial charge on any atom is -0.478 e. The maximum absolute atomic E-state index is 12.3. The lowest BCUT2D eigenvalue weighted by atomic mass is 10.1. The van der Waals surface area contributed by atoms with Crippen LogP contribution in [0.4, 0.5) is 13.2 Å². The van der Waals surface area contributed by atoms with Gasteiger partial charge >= 0.3 is 12.1 Å². The minimum atomic E-state index is -4.30. The molecule has 16 heavy (non-hydrogen) atoms. The molecule has 1 aliphatic heterocycles. The van der Waals surface area contributed by atoms with E-state index in [1.54, 1.807) is 0 Å². The lowest BCUT2D eigenvalue weighted by Gasteiger charge is -2.16. The summed E-state index contributed by atoms with van der Waals surface area (Å²) < 4.78 is 36.8. The first-order valence-corrected chi connectivity index (χ1v) is 4.57. The third-order valence-electron chi connectivity index (χ3n) is 2.33. The Kier molecular flexibility index (Phi) is 3.56. The summed E-state index contributed by atoms with van der Waals surface area (Å²) in [4.78, 5) is 22.3. The average Bonchev–Trinajstić information content (AvgIpc) is 2.61. The molecule has 0 bridgehead atoms. The molecule has 0 aliphatic carbocycles. The molecule has 1 saturated heterocycles. The van der Waals surface area contributed by atoms with Crippen LogP contribution in [-0.4, -0.2) is 41.1 Å². The van der Waals surface area contributed by atoms with E-state index in [-0.39, 0.29) is 13.0 Å². The normalized spacial score (nSPS) is 21.7. The Labute approximate surface area is 89.3 Å². The number of alkyl halides is 3. The highest BCUT2D eigenvalue weighted by atomic mass is 19.4. The number of carboxylic acid groups (broad SMARTS) is 1. The summed E-state index contributed by atoms with van der Waals surface area (Å²) in [5.41, 5.74) is 0. The molecule has 1 fully saturated rings. The van der Waals surface area contributed by atoms with Crippen molar-refractivity contribution in [2.75, 3.05) is 13.1 Å². The standard InChI is InChI=1S/C9H10F3NO3/c10-9(11,12)6-3-4-13(5-6)7(14)1-2-8(15)16/h1-2,6H,3-5H2,(H,15,16)/b2-1+/t6-/m1/s1. The van der Waals surface area contributed by atoms with Crippen LogP contribution in [0.2, 0.25) is 0 Å². The third kappa shape index (κ3) is 3.25. The molecule has 1 amide bonds. The lowest BCUT2D eigenvalue weighted by Crippen LogP contribution is -2.30. The zero-order chi connectivity index (χ0) is 12.3. The molecule has 1 atom stereocenters. The SMILES string of the molecule is O=C(O)/C=C/C(=O)N1CC[C@@H](C(F)(F)F)C1. The highest BCUT2D eigenvalue weighted by Crippen LogP contribution is 2.33. The number of hydrogen-bond acceptors (Lipinski definition) is 2. The smallest absolute Gasteiger partial charge is 0.393 e. The van der Waals surface area contributed by atoms with Gasteiger partial charge in [0, 0.05) is 25.2 Å². The number of amides is 1. The number of aliphatic carboxylic acids is 1. The van der Waals surface area contributed by atoms with Gasteiger partial charge in [0.15, 0.2) is 0 Å². The van der Waals surface area contributed by atoms with Crippen molar-refractivity contribution < 1.29 is 27.9 Å². The number of carboxylic acids is 1. The van der Waals surface area contributed by atoms with E-state index in [4.69, 9.17) is 5.11 Å². The predicted octanol–water partition coefficient (Wildman–Crippen LogP) is 1.04. The quantitative estimate of drug-likeness (QED) is 0.730. The van der Waals surface area contributed by atoms with E-state index in [9.17, 15) is 22.8 Å². The summed E-state index contributed by atoms with van der Waals surface area (Å²) in [6, 6.07) is 0. The van der Waals surface area contributed by atoms with E-state index >= 15 is 0 Å². The Hall–Kier alpha value is -1.53. The van der Waals surface area contributed by atoms with Gasteiger partial charge < -0.3 is 10.0 Å². The van der Waals surface area contributed by atoms with E-state index in [1.165, 1.54) is 0 Å². The van der Waals surface area contributed by atoms with E-state index in [1.807, 2.05) is 0 Å². The average molecular weight is 237 g/mol. The van der Waals surface area contributed by atoms with Crippen LogP contribution in [0.5, 0.6) is 0 Å². The Bertz CT molecular complexity index is 324. The predicted molar refractivity (Wildman–Crippen MR) is 47.5 cm³/mol. The molecule has 0 radical (unpaired) electrons. The van der Waals surface area contributed by atoms with Crippen LogP contribution in [0.15, 0.2) is 12.2 Å². The molecule has 90 valence electrons. The number of rotatable bonds is 2. The summed E-state index contributed by atoms with van der Waals surface area (Å²) in [5.74, 6) is -3.51. The molecule has 0 aromatic rings. The molecule has 0 spiro atoms. The fourth-order valence-corrected chi connectivity index (χ4v) is 1.48. The summed E-state index contributed by atoms with van der Waals surface area (Å²) in [6.07, 6.45) is -3.05. The molecular weight excluding hydrogens is 227 g/mol. The number of carbonyl (C=O) groups excluding carboxylic acids is 1. The van der Waals surface area contributed by atoms with Crippen LogP contribution < -0.4 is 0 Å². The van der Waals surface area contributed by atoms with Crippen LogP contribution in [0.3, 0.4) is 0 Å². The van der Waals surface area contributed by atoms with Gasteiger partial charge in [0.25, 0.3) is 0 Å². The molecule has 1 rings (SSSR count). The lowest BCUT2D eigenvalue weighted by molar-refractivity contribution is -0.170. The molecule has 1 N–H and O–H groups in total. The molecule has 1 heterocycles. The van der Waals surface area contributed by atoms with Crippen LogP contribution in [0, 0.1) is 5.92 Å². The molecule has 0 aromatic heterocycles. The number of likely N-dealkylation sites (tertiary alicyclic amines) is 1. The third-order valence-corrected chi connectivity index (χ3v) is 2.33. The van der Waals surface area contributed by atoms with Gasteiger partial charge in [-0.2, -0.15) is 13.2 Å². The van der Waals surface area contributed by atoms with Crippen LogP contribution >= 0.6 is 0 Å². The highest BCUT2D eigenvalue weighted by molar-refractivity contribution is 5.94. The van der Waals surface area contributed by atoms with Gasteiger partial charge in [-0.15, -0.1) is 0 Å². The molecule has 0 aromatic carbocycles. The zero-order valence-corrected chi connectivity index (χ0v) is 8.20. The Morgan fingerprint density at radius 3 is 2.38 bits per heavy atom. The number of hydrogen-bond donors (Lipinski definition) is 1. The van der Waals surface area contributed by atoms with E-state index < -0.39 is 30.5 Å². The zero-order valence-electron chi connectivity index (χ0n) is 8.20. The summed E-state index contributed by atoms with van der Waals surface area (Å²) in [7, 11) is 0. The largest absolute Gasteiger partial charge is 0.478 e. The monoisotopic (exact) mass is 237 g/mol. The van der Waals surface area contributed by atoms with E-state index in [2.05, 4.69) is 0 Å². The second-order valence-corrected chi connectivity index (χ2v) is 3.48. The van der Waals surface area contributed by atoms with Crippen molar-refractivity contribution in [2.45, 2.75) is 12.6 Å². The second-order valence-electron chi connectivity index (χ2n) is 3.48. The Morgan fingerprint density at radius 2 is 1.94 bits per heavy atom. The van der Waals surface area contributed by atoms with Crippen molar-refractivity contribution in [1.29, 1.82) is 0 Å². The van der Waals surface area contributed by atoms with Crippen molar-refractivity contribution in [2.24, 2.45) is 5.92 Å². The maximum atomic E-state index is 12.3. The van der Waals surface area contributed by atoms with Crippen LogP contribution in [0.25, 0.3) is 0 Å². The molecule has 7 heteroatoms. The fourth-order valence-electron chi connectivity index (χ4n) is 1.48. The fraction of sp³-hybridized carbons (Fsp3) is 0.556. The molecule has 0 saturated carbocycles. The van der Waals surface area contributed by atoms with Gasteiger partial charge in [-0.25, -0.2) is 4.79 Å². The first-order chi connectivity index (χ1) is 7.30. The van der Waals surface area contributed by atoms with Crippen molar-refractivity contribution in [3.8, 4) is 0 Å². The highest BCUT2D eigenvalue weighted by Gasteiger charge is 2.44. The minimum absolute atomic E-state index is 0.00691. The summed E-state index contributed by atoms with van der Waals surface area (Å²) >= 11 is 0. The van der Waals surface area contributed by atoms with Crippen molar-refractivity contribution in [3.05, 3.63) is 12.2 Å². The molecule has 1 aliphatic rings. The van der Waals surface area contributed by atoms with Crippen molar-refractivity contribution >= 4 is 11.9 Å². The number of nitrogens with zero attached hydrogens (tertiary/aromatic N) is 1. The van der Waals surface area contributed by atoms with Crippen molar-refractivity contribution in [3.63, 3.8) is 0 Å². The number of halogens is 3. The van der Waals surface area contributed by atoms with Gasteiger partial charge in [0.1, 0.15) is 0 Å². The topological polar surface area (TPSA) is 57.6 Å². The summed E-state index contributed by atoms with van der Waals surface area (Å²) in [6.45, 7) is -0.390. The molecular formula is C9H10F3NO3. The van der Waals surface area contributed by atoms with Crippen LogP contribution in [0.1, 0.15) is 6.42 Å².